The van der Waals surface area contributed by atoms with E-state index in [-0.39, 0.29) is 12.0 Å². The molecule has 2 rings (SSSR count). The van der Waals surface area contributed by atoms with E-state index in [9.17, 15) is 4.79 Å². The number of rotatable bonds is 5. The average Bonchev–Trinajstić information content (AvgIpc) is 2.39. The van der Waals surface area contributed by atoms with Gasteiger partial charge in [0.15, 0.2) is 0 Å². The molecule has 4 heteroatoms. The molecule has 0 amide bonds. The highest BCUT2D eigenvalue weighted by molar-refractivity contribution is 5.69. The van der Waals surface area contributed by atoms with Crippen molar-refractivity contribution in [2.75, 3.05) is 20.1 Å². The maximum Gasteiger partial charge on any atom is 0.306 e. The topological polar surface area (TPSA) is 49.8 Å². The van der Waals surface area contributed by atoms with Crippen molar-refractivity contribution in [3.05, 3.63) is 29.8 Å². The van der Waals surface area contributed by atoms with Crippen LogP contribution < -0.4 is 4.74 Å². The largest absolute Gasteiger partial charge is 0.489 e. The molecule has 0 bridgehead atoms. The fourth-order valence-corrected chi connectivity index (χ4v) is 2.59. The summed E-state index contributed by atoms with van der Waals surface area (Å²) in [4.78, 5) is 13.2. The molecule has 20 heavy (non-hydrogen) atoms. The fourth-order valence-electron chi connectivity index (χ4n) is 2.59. The number of carboxylic acid groups (broad SMARTS) is 1. The number of aliphatic carboxylic acids is 1. The molecular weight excluding hydrogens is 254 g/mol. The second kappa shape index (κ2) is 6.75. The highest BCUT2D eigenvalue weighted by Gasteiger charge is 2.19. The number of carbonyl (C=O) groups is 1. The van der Waals surface area contributed by atoms with Gasteiger partial charge in [-0.1, -0.05) is 19.1 Å². The van der Waals surface area contributed by atoms with Gasteiger partial charge in [0.05, 0.1) is 5.92 Å². The Morgan fingerprint density at radius 2 is 2.35 bits per heavy atom. The van der Waals surface area contributed by atoms with Crippen molar-refractivity contribution in [1.29, 1.82) is 0 Å². The summed E-state index contributed by atoms with van der Waals surface area (Å²) < 4.78 is 6.02. The zero-order chi connectivity index (χ0) is 14.5. The van der Waals surface area contributed by atoms with E-state index in [1.54, 1.807) is 6.92 Å². The minimum absolute atomic E-state index is 0.237. The smallest absolute Gasteiger partial charge is 0.306 e. The standard InChI is InChI=1S/C16H23NO3/c1-12(16(18)19)9-13-5-3-6-14(10-13)20-15-7-4-8-17(2)11-15/h3,5-6,10,12,15H,4,7-9,11H2,1-2H3,(H,18,19). The van der Waals surface area contributed by atoms with Gasteiger partial charge in [-0.15, -0.1) is 0 Å². The van der Waals surface area contributed by atoms with E-state index < -0.39 is 5.97 Å². The summed E-state index contributed by atoms with van der Waals surface area (Å²) in [6.45, 7) is 3.82. The first-order valence-electron chi connectivity index (χ1n) is 7.21. The number of piperidine rings is 1. The number of benzene rings is 1. The summed E-state index contributed by atoms with van der Waals surface area (Å²) in [6, 6.07) is 7.81. The highest BCUT2D eigenvalue weighted by Crippen LogP contribution is 2.20. The second-order valence-corrected chi connectivity index (χ2v) is 5.74. The molecule has 1 aromatic rings. The van der Waals surface area contributed by atoms with Gasteiger partial charge in [0, 0.05) is 6.54 Å². The van der Waals surface area contributed by atoms with Crippen LogP contribution in [0.4, 0.5) is 0 Å². The van der Waals surface area contributed by atoms with Crippen molar-refractivity contribution in [1.82, 2.24) is 4.90 Å². The molecule has 0 saturated carbocycles. The highest BCUT2D eigenvalue weighted by atomic mass is 16.5. The molecule has 1 saturated heterocycles. The third-order valence-corrected chi connectivity index (χ3v) is 3.75. The van der Waals surface area contributed by atoms with Gasteiger partial charge in [0.1, 0.15) is 11.9 Å². The SMILES string of the molecule is CC(Cc1cccc(OC2CCCN(C)C2)c1)C(=O)O. The van der Waals surface area contributed by atoms with Gasteiger partial charge in [-0.2, -0.15) is 0 Å². The molecule has 2 unspecified atom stereocenters. The van der Waals surface area contributed by atoms with Crippen LogP contribution >= 0.6 is 0 Å². The molecule has 0 radical (unpaired) electrons. The maximum absolute atomic E-state index is 10.9. The Balaban J connectivity index is 1.97. The lowest BCUT2D eigenvalue weighted by Gasteiger charge is -2.30. The van der Waals surface area contributed by atoms with Crippen LogP contribution in [0.2, 0.25) is 0 Å². The van der Waals surface area contributed by atoms with Crippen LogP contribution in [0.3, 0.4) is 0 Å². The maximum atomic E-state index is 10.9. The zero-order valence-corrected chi connectivity index (χ0v) is 12.2. The summed E-state index contributed by atoms with van der Waals surface area (Å²) in [7, 11) is 2.11. The van der Waals surface area contributed by atoms with Crippen LogP contribution in [-0.4, -0.2) is 42.2 Å². The Kier molecular flexibility index (Phi) is 5.01. The van der Waals surface area contributed by atoms with E-state index in [0.29, 0.717) is 6.42 Å². The lowest BCUT2D eigenvalue weighted by Crippen LogP contribution is -2.38. The molecule has 1 aliphatic rings. The van der Waals surface area contributed by atoms with Gasteiger partial charge in [-0.3, -0.25) is 4.79 Å². The van der Waals surface area contributed by atoms with E-state index in [4.69, 9.17) is 9.84 Å². The molecular formula is C16H23NO3. The predicted octanol–water partition coefficient (Wildman–Crippen LogP) is 2.42. The Morgan fingerprint density at radius 3 is 3.05 bits per heavy atom. The van der Waals surface area contributed by atoms with Gasteiger partial charge >= 0.3 is 5.97 Å². The molecule has 2 atom stereocenters. The van der Waals surface area contributed by atoms with Crippen molar-refractivity contribution < 1.29 is 14.6 Å². The van der Waals surface area contributed by atoms with Crippen LogP contribution in [0.5, 0.6) is 5.75 Å². The Bertz CT molecular complexity index is 461. The average molecular weight is 277 g/mol. The molecule has 4 nitrogen and oxygen atoms in total. The summed E-state index contributed by atoms with van der Waals surface area (Å²) in [6.07, 6.45) is 3.02. The summed E-state index contributed by atoms with van der Waals surface area (Å²) >= 11 is 0. The number of carboxylic acids is 1. The van der Waals surface area contributed by atoms with Gasteiger partial charge in [0.2, 0.25) is 0 Å². The van der Waals surface area contributed by atoms with Crippen LogP contribution in [-0.2, 0) is 11.2 Å². The van der Waals surface area contributed by atoms with E-state index in [1.807, 2.05) is 24.3 Å². The van der Waals surface area contributed by atoms with Crippen LogP contribution in [0.25, 0.3) is 0 Å². The molecule has 1 fully saturated rings. The first kappa shape index (κ1) is 14.9. The number of hydrogen-bond donors (Lipinski definition) is 1. The molecule has 0 aliphatic carbocycles. The first-order chi connectivity index (χ1) is 9.54. The lowest BCUT2D eigenvalue weighted by atomic mass is 10.0. The lowest BCUT2D eigenvalue weighted by molar-refractivity contribution is -0.141. The van der Waals surface area contributed by atoms with Crippen molar-refractivity contribution in [2.24, 2.45) is 5.92 Å². The fraction of sp³-hybridized carbons (Fsp3) is 0.562. The monoisotopic (exact) mass is 277 g/mol. The number of likely N-dealkylation sites (tertiary alicyclic amines) is 1. The number of hydrogen-bond acceptors (Lipinski definition) is 3. The Morgan fingerprint density at radius 1 is 1.55 bits per heavy atom. The van der Waals surface area contributed by atoms with Gasteiger partial charge in [0.25, 0.3) is 0 Å². The minimum atomic E-state index is -0.759. The van der Waals surface area contributed by atoms with Gasteiger partial charge < -0.3 is 14.7 Å². The number of ether oxygens (including phenoxy) is 1. The molecule has 1 aliphatic heterocycles. The number of likely N-dealkylation sites (N-methyl/N-ethyl adjacent to an activating group) is 1. The second-order valence-electron chi connectivity index (χ2n) is 5.74. The summed E-state index contributed by atoms with van der Waals surface area (Å²) in [5.74, 6) is -0.281. The quantitative estimate of drug-likeness (QED) is 0.898. The van der Waals surface area contributed by atoms with Crippen LogP contribution in [0.1, 0.15) is 25.3 Å². The first-order valence-corrected chi connectivity index (χ1v) is 7.21. The van der Waals surface area contributed by atoms with E-state index in [0.717, 1.165) is 37.2 Å². The van der Waals surface area contributed by atoms with Crippen LogP contribution in [0, 0.1) is 5.92 Å². The molecule has 110 valence electrons. The van der Waals surface area contributed by atoms with Gasteiger partial charge in [-0.25, -0.2) is 0 Å². The van der Waals surface area contributed by atoms with Crippen molar-refractivity contribution in [3.8, 4) is 5.75 Å². The molecule has 0 spiro atoms. The number of nitrogens with zero attached hydrogens (tertiary/aromatic N) is 1. The minimum Gasteiger partial charge on any atom is -0.489 e. The Hall–Kier alpha value is -1.55. The van der Waals surface area contributed by atoms with Crippen LogP contribution in [0.15, 0.2) is 24.3 Å². The molecule has 1 aromatic carbocycles. The van der Waals surface area contributed by atoms with E-state index in [2.05, 4.69) is 11.9 Å². The third-order valence-electron chi connectivity index (χ3n) is 3.75. The normalized spacial score (nSPS) is 21.4. The third kappa shape index (κ3) is 4.23. The molecule has 0 aromatic heterocycles. The van der Waals surface area contributed by atoms with Crippen molar-refractivity contribution in [2.45, 2.75) is 32.3 Å². The van der Waals surface area contributed by atoms with E-state index in [1.165, 1.54) is 0 Å². The van der Waals surface area contributed by atoms with Crippen molar-refractivity contribution in [3.63, 3.8) is 0 Å². The predicted molar refractivity (Wildman–Crippen MR) is 78.1 cm³/mol. The molecule has 1 heterocycles. The van der Waals surface area contributed by atoms with Gasteiger partial charge in [-0.05, 0) is 50.6 Å². The summed E-state index contributed by atoms with van der Waals surface area (Å²) in [5.41, 5.74) is 1.02. The Labute approximate surface area is 120 Å². The van der Waals surface area contributed by atoms with Crippen molar-refractivity contribution >= 4 is 5.97 Å². The summed E-state index contributed by atoms with van der Waals surface area (Å²) in [5, 5.41) is 8.97. The zero-order valence-electron chi connectivity index (χ0n) is 12.2. The molecule has 1 N–H and O–H groups in total. The van der Waals surface area contributed by atoms with E-state index >= 15 is 0 Å².